The number of benzene rings is 1. The molecule has 16 heavy (non-hydrogen) atoms. The number of primary amides is 1. The Bertz CT molecular complexity index is 427. The van der Waals surface area contributed by atoms with E-state index < -0.39 is 17.8 Å². The van der Waals surface area contributed by atoms with Crippen molar-refractivity contribution in [2.75, 3.05) is 5.32 Å². The Morgan fingerprint density at radius 2 is 1.81 bits per heavy atom. The molecule has 3 nitrogen and oxygen atoms in total. The number of aryl methyl sites for hydroxylation is 2. The number of rotatable bonds is 1. The van der Waals surface area contributed by atoms with Gasteiger partial charge in [-0.15, -0.1) is 0 Å². The highest BCUT2D eigenvalue weighted by atomic mass is 19.4. The third-order valence-corrected chi connectivity index (χ3v) is 2.13. The van der Waals surface area contributed by atoms with E-state index >= 15 is 0 Å². The van der Waals surface area contributed by atoms with Gasteiger partial charge in [-0.25, -0.2) is 4.79 Å². The molecule has 0 aromatic heterocycles. The van der Waals surface area contributed by atoms with Crippen molar-refractivity contribution in [3.05, 3.63) is 28.8 Å². The summed E-state index contributed by atoms with van der Waals surface area (Å²) in [4.78, 5) is 10.6. The highest BCUT2D eigenvalue weighted by Gasteiger charge is 2.32. The van der Waals surface area contributed by atoms with Crippen molar-refractivity contribution in [1.29, 1.82) is 0 Å². The first-order valence-electron chi connectivity index (χ1n) is 4.46. The summed E-state index contributed by atoms with van der Waals surface area (Å²) in [5, 5.41) is 2.15. The van der Waals surface area contributed by atoms with Gasteiger partial charge in [-0.05, 0) is 31.0 Å². The molecule has 0 radical (unpaired) electrons. The van der Waals surface area contributed by atoms with Gasteiger partial charge in [0, 0.05) is 5.69 Å². The number of halogens is 3. The van der Waals surface area contributed by atoms with Crippen LogP contribution in [0.4, 0.5) is 23.7 Å². The minimum atomic E-state index is -4.44. The molecule has 6 heteroatoms. The summed E-state index contributed by atoms with van der Waals surface area (Å²) in [5.74, 6) is 0. The highest BCUT2D eigenvalue weighted by molar-refractivity contribution is 5.88. The van der Waals surface area contributed by atoms with E-state index in [0.717, 1.165) is 6.07 Å². The number of anilines is 1. The Balaban J connectivity index is 3.27. The molecule has 0 atom stereocenters. The SMILES string of the molecule is Cc1cc(C)c(C(F)(F)F)cc1NC(N)=O. The predicted molar refractivity (Wildman–Crippen MR) is 54.1 cm³/mol. The first-order valence-corrected chi connectivity index (χ1v) is 4.46. The first kappa shape index (κ1) is 12.4. The Morgan fingerprint density at radius 3 is 2.25 bits per heavy atom. The van der Waals surface area contributed by atoms with Crippen LogP contribution in [0, 0.1) is 13.8 Å². The Hall–Kier alpha value is -1.72. The third kappa shape index (κ3) is 2.65. The number of carbonyl (C=O) groups is 1. The average Bonchev–Trinajstić information content (AvgIpc) is 2.06. The maximum atomic E-state index is 12.6. The van der Waals surface area contributed by atoms with Gasteiger partial charge < -0.3 is 11.1 Å². The molecule has 0 aliphatic heterocycles. The molecule has 3 N–H and O–H groups in total. The minimum Gasteiger partial charge on any atom is -0.351 e. The molecule has 0 unspecified atom stereocenters. The van der Waals surface area contributed by atoms with Crippen LogP contribution in [0.2, 0.25) is 0 Å². The monoisotopic (exact) mass is 232 g/mol. The van der Waals surface area contributed by atoms with E-state index in [1.54, 1.807) is 6.92 Å². The molecule has 0 spiro atoms. The number of hydrogen-bond donors (Lipinski definition) is 2. The van der Waals surface area contributed by atoms with Gasteiger partial charge in [0.05, 0.1) is 5.56 Å². The Kier molecular flexibility index (Phi) is 3.11. The zero-order chi connectivity index (χ0) is 12.5. The number of hydrogen-bond acceptors (Lipinski definition) is 1. The van der Waals surface area contributed by atoms with Crippen molar-refractivity contribution in [2.45, 2.75) is 20.0 Å². The number of nitrogens with two attached hydrogens (primary N) is 1. The number of amides is 2. The topological polar surface area (TPSA) is 55.1 Å². The highest BCUT2D eigenvalue weighted by Crippen LogP contribution is 2.34. The number of carbonyl (C=O) groups excluding carboxylic acids is 1. The van der Waals surface area contributed by atoms with Gasteiger partial charge in [0.1, 0.15) is 0 Å². The molecule has 88 valence electrons. The van der Waals surface area contributed by atoms with Crippen molar-refractivity contribution in [3.8, 4) is 0 Å². The molecule has 0 saturated heterocycles. The normalized spacial score (nSPS) is 11.3. The van der Waals surface area contributed by atoms with Crippen LogP contribution in [0.15, 0.2) is 12.1 Å². The molecule has 0 bridgehead atoms. The van der Waals surface area contributed by atoms with E-state index in [2.05, 4.69) is 5.32 Å². The van der Waals surface area contributed by atoms with Gasteiger partial charge in [-0.1, -0.05) is 6.07 Å². The fraction of sp³-hybridized carbons (Fsp3) is 0.300. The third-order valence-electron chi connectivity index (χ3n) is 2.13. The number of alkyl halides is 3. The standard InChI is InChI=1S/C10H11F3N2O/c1-5-3-6(2)8(15-9(14)16)4-7(5)10(11,12)13/h3-4H,1-2H3,(H3,14,15,16). The van der Waals surface area contributed by atoms with E-state index in [4.69, 9.17) is 5.73 Å². The molecule has 1 aromatic rings. The van der Waals surface area contributed by atoms with Crippen LogP contribution in [0.5, 0.6) is 0 Å². The summed E-state index contributed by atoms with van der Waals surface area (Å²) in [7, 11) is 0. The Labute approximate surface area is 90.4 Å². The van der Waals surface area contributed by atoms with Crippen molar-refractivity contribution in [2.24, 2.45) is 5.73 Å². The van der Waals surface area contributed by atoms with E-state index in [0.29, 0.717) is 5.56 Å². The molecule has 2 amide bonds. The van der Waals surface area contributed by atoms with Gasteiger partial charge in [0.2, 0.25) is 0 Å². The van der Waals surface area contributed by atoms with Gasteiger partial charge >= 0.3 is 12.2 Å². The van der Waals surface area contributed by atoms with Crippen LogP contribution in [-0.2, 0) is 6.18 Å². The minimum absolute atomic E-state index is 0.0745. The molecule has 0 saturated carbocycles. The zero-order valence-electron chi connectivity index (χ0n) is 8.77. The van der Waals surface area contributed by atoms with Crippen LogP contribution in [0.1, 0.15) is 16.7 Å². The van der Waals surface area contributed by atoms with Crippen LogP contribution in [0.3, 0.4) is 0 Å². The summed E-state index contributed by atoms with van der Waals surface area (Å²) in [6.07, 6.45) is -4.44. The smallest absolute Gasteiger partial charge is 0.351 e. The van der Waals surface area contributed by atoms with Crippen LogP contribution >= 0.6 is 0 Å². The molecular weight excluding hydrogens is 221 g/mol. The van der Waals surface area contributed by atoms with Crippen molar-refractivity contribution in [1.82, 2.24) is 0 Å². The number of urea groups is 1. The lowest BCUT2D eigenvalue weighted by Gasteiger charge is -2.14. The molecule has 0 aliphatic carbocycles. The van der Waals surface area contributed by atoms with Crippen molar-refractivity contribution < 1.29 is 18.0 Å². The lowest BCUT2D eigenvalue weighted by atomic mass is 10.0. The summed E-state index contributed by atoms with van der Waals surface area (Å²) in [6.45, 7) is 2.96. The quantitative estimate of drug-likeness (QED) is 0.768. The lowest BCUT2D eigenvalue weighted by Crippen LogP contribution is -2.20. The van der Waals surface area contributed by atoms with Gasteiger partial charge in [-0.2, -0.15) is 13.2 Å². The molecule has 0 heterocycles. The van der Waals surface area contributed by atoms with E-state index in [9.17, 15) is 18.0 Å². The summed E-state index contributed by atoms with van der Waals surface area (Å²) in [6, 6.07) is 1.35. The molecule has 1 rings (SSSR count). The van der Waals surface area contributed by atoms with E-state index in [1.165, 1.54) is 13.0 Å². The maximum Gasteiger partial charge on any atom is 0.416 e. The van der Waals surface area contributed by atoms with Gasteiger partial charge in [0.15, 0.2) is 0 Å². The Morgan fingerprint density at radius 1 is 1.25 bits per heavy atom. The maximum absolute atomic E-state index is 12.6. The lowest BCUT2D eigenvalue weighted by molar-refractivity contribution is -0.138. The number of nitrogens with one attached hydrogen (secondary N) is 1. The van der Waals surface area contributed by atoms with Crippen LogP contribution in [0.25, 0.3) is 0 Å². The van der Waals surface area contributed by atoms with E-state index in [1.807, 2.05) is 0 Å². The van der Waals surface area contributed by atoms with Crippen LogP contribution < -0.4 is 11.1 Å². The summed E-state index contributed by atoms with van der Waals surface area (Å²) < 4.78 is 37.7. The van der Waals surface area contributed by atoms with Gasteiger partial charge in [-0.3, -0.25) is 0 Å². The van der Waals surface area contributed by atoms with Crippen LogP contribution in [-0.4, -0.2) is 6.03 Å². The largest absolute Gasteiger partial charge is 0.416 e. The first-order chi connectivity index (χ1) is 7.21. The fourth-order valence-electron chi connectivity index (χ4n) is 1.43. The average molecular weight is 232 g/mol. The summed E-state index contributed by atoms with van der Waals surface area (Å²) in [5.41, 5.74) is 4.80. The molecule has 1 aromatic carbocycles. The second-order valence-corrected chi connectivity index (χ2v) is 3.47. The molecule has 0 fully saturated rings. The second-order valence-electron chi connectivity index (χ2n) is 3.47. The molecule has 0 aliphatic rings. The fourth-order valence-corrected chi connectivity index (χ4v) is 1.43. The van der Waals surface area contributed by atoms with Crippen molar-refractivity contribution >= 4 is 11.7 Å². The molecular formula is C10H11F3N2O. The predicted octanol–water partition coefficient (Wildman–Crippen LogP) is 2.81. The summed E-state index contributed by atoms with van der Waals surface area (Å²) >= 11 is 0. The van der Waals surface area contributed by atoms with Crippen molar-refractivity contribution in [3.63, 3.8) is 0 Å². The second kappa shape index (κ2) is 4.03. The van der Waals surface area contributed by atoms with Gasteiger partial charge in [0.25, 0.3) is 0 Å². The van der Waals surface area contributed by atoms with E-state index in [-0.39, 0.29) is 11.3 Å². The zero-order valence-corrected chi connectivity index (χ0v) is 8.77.